The maximum absolute atomic E-state index is 12.0. The number of carbonyl (C=O) groups is 3. The van der Waals surface area contributed by atoms with Crippen molar-refractivity contribution in [1.82, 2.24) is 4.90 Å². The third-order valence-corrected chi connectivity index (χ3v) is 2.42. The molecule has 0 heterocycles. The third kappa shape index (κ3) is 3.98. The van der Waals surface area contributed by atoms with Crippen LogP contribution in [0.25, 0.3) is 0 Å². The highest BCUT2D eigenvalue weighted by molar-refractivity contribution is 5.98. The van der Waals surface area contributed by atoms with E-state index in [4.69, 9.17) is 10.8 Å². The van der Waals surface area contributed by atoms with E-state index in [9.17, 15) is 19.5 Å². The Balaban J connectivity index is 3.00. The van der Waals surface area contributed by atoms with Crippen LogP contribution in [0.1, 0.15) is 15.9 Å². The highest BCUT2D eigenvalue weighted by atomic mass is 16.4. The summed E-state index contributed by atoms with van der Waals surface area (Å²) in [5.74, 6) is -2.84. The number of benzene rings is 1. The van der Waals surface area contributed by atoms with E-state index in [1.54, 1.807) is 6.92 Å². The van der Waals surface area contributed by atoms with E-state index in [1.165, 1.54) is 18.2 Å². The number of amides is 2. The van der Waals surface area contributed by atoms with Crippen LogP contribution in [0.15, 0.2) is 18.2 Å². The number of primary amides is 1. The molecule has 102 valence electrons. The summed E-state index contributed by atoms with van der Waals surface area (Å²) in [4.78, 5) is 34.3. The number of phenols is 1. The quantitative estimate of drug-likeness (QED) is 0.676. The van der Waals surface area contributed by atoms with E-state index in [0.717, 1.165) is 4.90 Å². The Labute approximate surface area is 109 Å². The minimum absolute atomic E-state index is 0.0831. The Hall–Kier alpha value is -2.57. The van der Waals surface area contributed by atoms with Crippen LogP contribution in [0.5, 0.6) is 5.75 Å². The van der Waals surface area contributed by atoms with Gasteiger partial charge in [0.15, 0.2) is 0 Å². The number of carboxylic acids is 1. The molecule has 7 heteroatoms. The minimum atomic E-state index is -1.26. The van der Waals surface area contributed by atoms with Gasteiger partial charge in [-0.1, -0.05) is 6.07 Å². The smallest absolute Gasteiger partial charge is 0.323 e. The summed E-state index contributed by atoms with van der Waals surface area (Å²) in [5.41, 5.74) is 5.63. The van der Waals surface area contributed by atoms with Gasteiger partial charge in [0.1, 0.15) is 18.8 Å². The van der Waals surface area contributed by atoms with Gasteiger partial charge in [0.2, 0.25) is 5.91 Å². The van der Waals surface area contributed by atoms with E-state index >= 15 is 0 Å². The second kappa shape index (κ2) is 5.85. The molecule has 2 amide bonds. The van der Waals surface area contributed by atoms with E-state index in [2.05, 4.69) is 0 Å². The van der Waals surface area contributed by atoms with Crippen LogP contribution >= 0.6 is 0 Å². The number of phenolic OH excluding ortho intramolecular Hbond substituents is 1. The van der Waals surface area contributed by atoms with Crippen molar-refractivity contribution in [2.45, 2.75) is 6.92 Å². The number of hydrogen-bond acceptors (Lipinski definition) is 4. The first-order valence-electron chi connectivity index (χ1n) is 5.40. The molecular formula is C12H14N2O5. The van der Waals surface area contributed by atoms with Crippen LogP contribution in [0.2, 0.25) is 0 Å². The normalized spacial score (nSPS) is 9.95. The number of aliphatic carboxylic acids is 1. The first kappa shape index (κ1) is 14.5. The average Bonchev–Trinajstić information content (AvgIpc) is 2.29. The van der Waals surface area contributed by atoms with Crippen LogP contribution in [0.4, 0.5) is 0 Å². The fourth-order valence-corrected chi connectivity index (χ4v) is 1.48. The number of carbonyl (C=O) groups excluding carboxylic acids is 2. The lowest BCUT2D eigenvalue weighted by Gasteiger charge is -2.19. The molecule has 1 rings (SSSR count). The molecule has 0 aromatic heterocycles. The number of carboxylic acid groups (broad SMARTS) is 1. The van der Waals surface area contributed by atoms with Crippen LogP contribution < -0.4 is 5.73 Å². The Morgan fingerprint density at radius 3 is 2.37 bits per heavy atom. The summed E-state index contributed by atoms with van der Waals surface area (Å²) < 4.78 is 0. The summed E-state index contributed by atoms with van der Waals surface area (Å²) in [6, 6.07) is 4.17. The predicted octanol–water partition coefficient (Wildman–Crippen LogP) is -0.287. The van der Waals surface area contributed by atoms with Crippen molar-refractivity contribution in [2.24, 2.45) is 5.73 Å². The van der Waals surface area contributed by atoms with Crippen molar-refractivity contribution < 1.29 is 24.6 Å². The van der Waals surface area contributed by atoms with Gasteiger partial charge < -0.3 is 20.8 Å². The second-order valence-corrected chi connectivity index (χ2v) is 4.02. The van der Waals surface area contributed by atoms with Crippen LogP contribution in [-0.2, 0) is 9.59 Å². The van der Waals surface area contributed by atoms with Crippen LogP contribution in [0, 0.1) is 6.92 Å². The molecule has 0 atom stereocenters. The third-order valence-electron chi connectivity index (χ3n) is 2.42. The largest absolute Gasteiger partial charge is 0.508 e. The zero-order valence-corrected chi connectivity index (χ0v) is 10.3. The molecule has 0 saturated carbocycles. The standard InChI is InChI=1S/C12H14N2O5/c1-7-2-3-8(4-9(7)15)12(19)14(5-10(13)16)6-11(17)18/h2-4,15H,5-6H2,1H3,(H2,13,16)(H,17,18). The molecule has 0 unspecified atom stereocenters. The fourth-order valence-electron chi connectivity index (χ4n) is 1.48. The number of aromatic hydroxyl groups is 1. The molecule has 4 N–H and O–H groups in total. The first-order chi connectivity index (χ1) is 8.81. The van der Waals surface area contributed by atoms with Gasteiger partial charge in [-0.2, -0.15) is 0 Å². The number of rotatable bonds is 5. The molecule has 0 bridgehead atoms. The van der Waals surface area contributed by atoms with E-state index in [-0.39, 0.29) is 11.3 Å². The molecule has 0 spiro atoms. The Morgan fingerprint density at radius 2 is 1.89 bits per heavy atom. The summed E-state index contributed by atoms with van der Waals surface area (Å²) >= 11 is 0. The molecular weight excluding hydrogens is 252 g/mol. The summed E-state index contributed by atoms with van der Waals surface area (Å²) in [7, 11) is 0. The molecule has 0 aliphatic rings. The van der Waals surface area contributed by atoms with Gasteiger partial charge in [-0.25, -0.2) is 0 Å². The van der Waals surface area contributed by atoms with E-state index < -0.39 is 30.9 Å². The van der Waals surface area contributed by atoms with Crippen LogP contribution in [-0.4, -0.2) is 46.0 Å². The minimum Gasteiger partial charge on any atom is -0.508 e. The SMILES string of the molecule is Cc1ccc(C(=O)N(CC(N)=O)CC(=O)O)cc1O. The monoisotopic (exact) mass is 266 g/mol. The molecule has 0 fully saturated rings. The fraction of sp³-hybridized carbons (Fsp3) is 0.250. The zero-order chi connectivity index (χ0) is 14.6. The van der Waals surface area contributed by atoms with Crippen molar-refractivity contribution >= 4 is 17.8 Å². The van der Waals surface area contributed by atoms with Gasteiger partial charge in [-0.05, 0) is 24.6 Å². The van der Waals surface area contributed by atoms with Crippen molar-refractivity contribution in [1.29, 1.82) is 0 Å². The topological polar surface area (TPSA) is 121 Å². The van der Waals surface area contributed by atoms with Crippen molar-refractivity contribution in [3.8, 4) is 5.75 Å². The molecule has 0 aliphatic carbocycles. The Morgan fingerprint density at radius 1 is 1.26 bits per heavy atom. The highest BCUT2D eigenvalue weighted by Crippen LogP contribution is 2.18. The molecule has 0 saturated heterocycles. The van der Waals surface area contributed by atoms with Gasteiger partial charge >= 0.3 is 5.97 Å². The maximum atomic E-state index is 12.0. The Bertz CT molecular complexity index is 511. The average molecular weight is 266 g/mol. The number of nitrogens with two attached hydrogens (primary N) is 1. The lowest BCUT2D eigenvalue weighted by atomic mass is 10.1. The van der Waals surface area contributed by atoms with Crippen LogP contribution in [0.3, 0.4) is 0 Å². The lowest BCUT2D eigenvalue weighted by Crippen LogP contribution is -2.41. The van der Waals surface area contributed by atoms with E-state index in [1.807, 2.05) is 0 Å². The molecule has 7 nitrogen and oxygen atoms in total. The van der Waals surface area contributed by atoms with Crippen molar-refractivity contribution in [3.63, 3.8) is 0 Å². The van der Waals surface area contributed by atoms with Crippen molar-refractivity contribution in [3.05, 3.63) is 29.3 Å². The highest BCUT2D eigenvalue weighted by Gasteiger charge is 2.20. The molecule has 1 aromatic carbocycles. The maximum Gasteiger partial charge on any atom is 0.323 e. The number of hydrogen-bond donors (Lipinski definition) is 3. The number of nitrogens with zero attached hydrogens (tertiary/aromatic N) is 1. The Kier molecular flexibility index (Phi) is 4.46. The second-order valence-electron chi connectivity index (χ2n) is 4.02. The molecule has 0 aliphatic heterocycles. The van der Waals surface area contributed by atoms with Gasteiger partial charge in [0.05, 0.1) is 0 Å². The zero-order valence-electron chi connectivity index (χ0n) is 10.3. The van der Waals surface area contributed by atoms with Gasteiger partial charge in [-0.15, -0.1) is 0 Å². The number of aryl methyl sites for hydroxylation is 1. The van der Waals surface area contributed by atoms with Gasteiger partial charge in [-0.3, -0.25) is 14.4 Å². The lowest BCUT2D eigenvalue weighted by molar-refractivity contribution is -0.138. The van der Waals surface area contributed by atoms with Crippen molar-refractivity contribution in [2.75, 3.05) is 13.1 Å². The summed E-state index contributed by atoms with van der Waals surface area (Å²) in [6.07, 6.45) is 0. The van der Waals surface area contributed by atoms with E-state index in [0.29, 0.717) is 5.56 Å². The summed E-state index contributed by atoms with van der Waals surface area (Å²) in [6.45, 7) is 0.512. The van der Waals surface area contributed by atoms with Gasteiger partial charge in [0.25, 0.3) is 5.91 Å². The molecule has 1 aromatic rings. The predicted molar refractivity (Wildman–Crippen MR) is 65.6 cm³/mol. The first-order valence-corrected chi connectivity index (χ1v) is 5.40. The van der Waals surface area contributed by atoms with Gasteiger partial charge in [0, 0.05) is 5.56 Å². The molecule has 19 heavy (non-hydrogen) atoms. The molecule has 0 radical (unpaired) electrons. The summed E-state index contributed by atoms with van der Waals surface area (Å²) in [5, 5.41) is 18.2.